The van der Waals surface area contributed by atoms with Gasteiger partial charge in [0.25, 0.3) is 0 Å². The molecule has 6 heteroatoms. The Labute approximate surface area is 127 Å². The molecule has 1 aromatic rings. The fourth-order valence-electron chi connectivity index (χ4n) is 2.74. The van der Waals surface area contributed by atoms with Crippen LogP contribution in [0.3, 0.4) is 0 Å². The van der Waals surface area contributed by atoms with Gasteiger partial charge in [0.2, 0.25) is 12.7 Å². The number of hydrogen-bond donors (Lipinski definition) is 1. The summed E-state index contributed by atoms with van der Waals surface area (Å²) < 4.78 is 10.5. The van der Waals surface area contributed by atoms with E-state index in [2.05, 4.69) is 5.32 Å². The Morgan fingerprint density at radius 1 is 1.14 bits per heavy atom. The molecule has 0 fully saturated rings. The third kappa shape index (κ3) is 2.90. The van der Waals surface area contributed by atoms with Crippen LogP contribution < -0.4 is 19.9 Å². The van der Waals surface area contributed by atoms with Crippen LogP contribution in [-0.2, 0) is 16.1 Å². The van der Waals surface area contributed by atoms with Gasteiger partial charge in [-0.15, -0.1) is 0 Å². The molecule has 1 aromatic carbocycles. The maximum absolute atomic E-state index is 12.2. The molecule has 3 rings (SSSR count). The highest BCUT2D eigenvalue weighted by atomic mass is 16.7. The number of allylic oxidation sites excluding steroid dienone is 2. The van der Waals surface area contributed by atoms with Crippen LogP contribution in [0.2, 0.25) is 0 Å². The monoisotopic (exact) mass is 302 g/mol. The maximum atomic E-state index is 12.2. The smallest absolute Gasteiger partial charge is 0.231 e. The number of amides is 1. The molecule has 2 atom stereocenters. The highest BCUT2D eigenvalue weighted by molar-refractivity contribution is 5.84. The van der Waals surface area contributed by atoms with Gasteiger partial charge in [0.05, 0.1) is 0 Å². The van der Waals surface area contributed by atoms with Gasteiger partial charge < -0.3 is 24.7 Å². The quantitative estimate of drug-likeness (QED) is 0.812. The lowest BCUT2D eigenvalue weighted by molar-refractivity contribution is -0.313. The molecule has 1 aliphatic heterocycles. The van der Waals surface area contributed by atoms with Gasteiger partial charge in [-0.3, -0.25) is 4.79 Å². The van der Waals surface area contributed by atoms with Crippen LogP contribution in [0.4, 0.5) is 0 Å². The minimum absolute atomic E-state index is 0.201. The van der Waals surface area contributed by atoms with Crippen molar-refractivity contribution in [2.45, 2.75) is 19.4 Å². The third-order valence-electron chi connectivity index (χ3n) is 3.98. The second-order valence-electron chi connectivity index (χ2n) is 5.38. The summed E-state index contributed by atoms with van der Waals surface area (Å²) in [6.45, 7) is 0.516. The molecule has 0 saturated heterocycles. The Morgan fingerprint density at radius 3 is 2.64 bits per heavy atom. The van der Waals surface area contributed by atoms with Crippen molar-refractivity contribution in [1.82, 2.24) is 5.32 Å². The van der Waals surface area contributed by atoms with Crippen LogP contribution in [0.1, 0.15) is 18.4 Å². The van der Waals surface area contributed by atoms with Crippen molar-refractivity contribution in [3.8, 4) is 11.5 Å². The van der Waals surface area contributed by atoms with E-state index in [0.717, 1.165) is 5.56 Å². The van der Waals surface area contributed by atoms with Crippen molar-refractivity contribution in [3.63, 3.8) is 0 Å². The fraction of sp³-hybridized carbons (Fsp3) is 0.375. The Balaban J connectivity index is 1.62. The van der Waals surface area contributed by atoms with Crippen LogP contribution in [0.15, 0.2) is 30.4 Å². The summed E-state index contributed by atoms with van der Waals surface area (Å²) in [5, 5.41) is 13.9. The molecular weight excluding hydrogens is 286 g/mol. The zero-order chi connectivity index (χ0) is 15.5. The lowest BCUT2D eigenvalue weighted by atomic mass is 9.82. The normalized spacial score (nSPS) is 22.4. The number of hydrogen-bond acceptors (Lipinski definition) is 5. The molecule has 0 aromatic heterocycles. The van der Waals surface area contributed by atoms with Gasteiger partial charge in [-0.05, 0) is 30.5 Å². The van der Waals surface area contributed by atoms with Crippen molar-refractivity contribution < 1.29 is 24.2 Å². The number of ether oxygens (including phenoxy) is 2. The molecule has 116 valence electrons. The molecule has 0 radical (unpaired) electrons. The maximum Gasteiger partial charge on any atom is 0.231 e. The number of aliphatic carboxylic acids is 1. The summed E-state index contributed by atoms with van der Waals surface area (Å²) in [7, 11) is 0. The average Bonchev–Trinajstić information content (AvgIpc) is 3.00. The van der Waals surface area contributed by atoms with Crippen molar-refractivity contribution in [3.05, 3.63) is 35.9 Å². The predicted octanol–water partition coefficient (Wildman–Crippen LogP) is 0.364. The van der Waals surface area contributed by atoms with Crippen LogP contribution in [0, 0.1) is 11.8 Å². The number of nitrogens with one attached hydrogen (secondary N) is 1. The topological polar surface area (TPSA) is 87.7 Å². The Bertz CT molecular complexity index is 625. The van der Waals surface area contributed by atoms with Gasteiger partial charge in [-0.1, -0.05) is 18.2 Å². The number of rotatable bonds is 4. The van der Waals surface area contributed by atoms with E-state index in [0.29, 0.717) is 30.9 Å². The highest BCUT2D eigenvalue weighted by Gasteiger charge is 2.29. The summed E-state index contributed by atoms with van der Waals surface area (Å²) >= 11 is 0. The molecular formula is C16H16NO5-. The van der Waals surface area contributed by atoms with Crippen molar-refractivity contribution in [1.29, 1.82) is 0 Å². The first kappa shape index (κ1) is 14.4. The van der Waals surface area contributed by atoms with Crippen LogP contribution >= 0.6 is 0 Å². The Morgan fingerprint density at radius 2 is 1.86 bits per heavy atom. The lowest BCUT2D eigenvalue weighted by Gasteiger charge is -2.28. The summed E-state index contributed by atoms with van der Waals surface area (Å²) in [5.41, 5.74) is 0.869. The van der Waals surface area contributed by atoms with E-state index in [4.69, 9.17) is 9.47 Å². The number of fused-ring (bicyclic) bond motifs is 1. The minimum Gasteiger partial charge on any atom is -0.550 e. The van der Waals surface area contributed by atoms with E-state index in [1.807, 2.05) is 12.1 Å². The van der Waals surface area contributed by atoms with Crippen LogP contribution in [0.25, 0.3) is 0 Å². The summed E-state index contributed by atoms with van der Waals surface area (Å²) in [5.74, 6) is -1.45. The van der Waals surface area contributed by atoms with Gasteiger partial charge in [0.15, 0.2) is 11.5 Å². The number of carboxylic acids is 1. The molecule has 0 spiro atoms. The number of carbonyl (C=O) groups excluding carboxylic acids is 2. The number of benzene rings is 1. The fourth-order valence-corrected chi connectivity index (χ4v) is 2.74. The highest BCUT2D eigenvalue weighted by Crippen LogP contribution is 2.32. The molecule has 6 nitrogen and oxygen atoms in total. The van der Waals surface area contributed by atoms with E-state index in [9.17, 15) is 14.7 Å². The van der Waals surface area contributed by atoms with E-state index in [-0.39, 0.29) is 12.7 Å². The first-order chi connectivity index (χ1) is 10.6. The standard InChI is InChI=1S/C16H17NO5/c18-15(11-3-1-2-4-12(11)16(19)20)17-8-10-5-6-13-14(7-10)22-9-21-13/h1-2,5-7,11-12H,3-4,8-9H2,(H,17,18)(H,19,20)/p-1/t11-,12+/m0/s1. The molecule has 0 bridgehead atoms. The Kier molecular flexibility index (Phi) is 4.00. The van der Waals surface area contributed by atoms with Crippen LogP contribution in [-0.4, -0.2) is 18.7 Å². The first-order valence-corrected chi connectivity index (χ1v) is 7.17. The van der Waals surface area contributed by atoms with Crippen molar-refractivity contribution in [2.75, 3.05) is 6.79 Å². The van der Waals surface area contributed by atoms with E-state index in [1.165, 1.54) is 0 Å². The number of carbonyl (C=O) groups is 2. The van der Waals surface area contributed by atoms with Gasteiger partial charge in [0.1, 0.15) is 0 Å². The molecule has 0 saturated carbocycles. The molecule has 1 heterocycles. The first-order valence-electron chi connectivity index (χ1n) is 7.17. The molecule has 1 amide bonds. The minimum atomic E-state index is -1.17. The molecule has 22 heavy (non-hydrogen) atoms. The molecule has 2 aliphatic rings. The molecule has 1 N–H and O–H groups in total. The summed E-state index contributed by atoms with van der Waals surface area (Å²) in [4.78, 5) is 23.3. The van der Waals surface area contributed by atoms with E-state index in [1.54, 1.807) is 18.2 Å². The molecule has 0 unspecified atom stereocenters. The summed E-state index contributed by atoms with van der Waals surface area (Å²) in [6.07, 6.45) is 4.38. The second-order valence-corrected chi connectivity index (χ2v) is 5.38. The largest absolute Gasteiger partial charge is 0.550 e. The van der Waals surface area contributed by atoms with Crippen LogP contribution in [0.5, 0.6) is 11.5 Å². The third-order valence-corrected chi connectivity index (χ3v) is 3.98. The van der Waals surface area contributed by atoms with E-state index >= 15 is 0 Å². The molecule has 1 aliphatic carbocycles. The van der Waals surface area contributed by atoms with Gasteiger partial charge in [-0.25, -0.2) is 0 Å². The van der Waals surface area contributed by atoms with Gasteiger partial charge in [0, 0.05) is 24.3 Å². The van der Waals surface area contributed by atoms with Crippen molar-refractivity contribution >= 4 is 11.9 Å². The van der Waals surface area contributed by atoms with Gasteiger partial charge >= 0.3 is 0 Å². The Hall–Kier alpha value is -2.50. The SMILES string of the molecule is O=C(NCc1ccc2c(c1)OCO2)[C@H]1CC=CC[C@H]1C(=O)[O-]. The van der Waals surface area contributed by atoms with Gasteiger partial charge in [-0.2, -0.15) is 0 Å². The number of carboxylic acid groups (broad SMARTS) is 1. The van der Waals surface area contributed by atoms with E-state index < -0.39 is 17.8 Å². The summed E-state index contributed by atoms with van der Waals surface area (Å²) in [6, 6.07) is 5.43. The second kappa shape index (κ2) is 6.09. The zero-order valence-electron chi connectivity index (χ0n) is 11.9. The lowest BCUT2D eigenvalue weighted by Crippen LogP contribution is -2.43. The zero-order valence-corrected chi connectivity index (χ0v) is 11.9. The van der Waals surface area contributed by atoms with Crippen molar-refractivity contribution in [2.24, 2.45) is 11.8 Å². The average molecular weight is 302 g/mol. The predicted molar refractivity (Wildman–Crippen MR) is 74.8 cm³/mol.